The van der Waals surface area contributed by atoms with Crippen LogP contribution in [0.2, 0.25) is 0 Å². The molecule has 3 heterocycles. The summed E-state index contributed by atoms with van der Waals surface area (Å²) in [4.78, 5) is 9.72. The second-order valence-electron chi connectivity index (χ2n) is 7.62. The summed E-state index contributed by atoms with van der Waals surface area (Å²) in [5.41, 5.74) is 3.75. The fraction of sp³-hybridized carbons (Fsp3) is 0.636. The molecule has 0 radical (unpaired) electrons. The van der Waals surface area contributed by atoms with E-state index in [0.717, 1.165) is 63.9 Å². The van der Waals surface area contributed by atoms with Crippen LogP contribution < -0.4 is 10.6 Å². The molecule has 3 rings (SSSR count). The molecule has 2 N–H and O–H groups in total. The van der Waals surface area contributed by atoms with Crippen molar-refractivity contribution >= 4 is 41.3 Å². The van der Waals surface area contributed by atoms with Gasteiger partial charge in [-0.15, -0.1) is 35.3 Å². The lowest BCUT2D eigenvalue weighted by Crippen LogP contribution is -2.46. The number of nitrogens with zero attached hydrogens (tertiary/aromatic N) is 4. The molecule has 0 bridgehead atoms. The largest absolute Gasteiger partial charge is 0.379 e. The molecule has 1 aliphatic rings. The van der Waals surface area contributed by atoms with Crippen molar-refractivity contribution in [2.24, 2.45) is 12.0 Å². The van der Waals surface area contributed by atoms with E-state index in [1.807, 2.05) is 30.1 Å². The van der Waals surface area contributed by atoms with Gasteiger partial charge in [0, 0.05) is 61.3 Å². The average Bonchev–Trinajstić information content (AvgIpc) is 3.33. The van der Waals surface area contributed by atoms with Gasteiger partial charge in [0.1, 0.15) is 0 Å². The molecule has 0 spiro atoms. The normalized spacial score (nSPS) is 16.1. The Morgan fingerprint density at radius 1 is 1.23 bits per heavy atom. The molecule has 7 nitrogen and oxygen atoms in total. The lowest BCUT2D eigenvalue weighted by atomic mass is 10.1. The predicted molar refractivity (Wildman–Crippen MR) is 140 cm³/mol. The third-order valence-corrected chi connectivity index (χ3v) is 6.82. The van der Waals surface area contributed by atoms with Crippen LogP contribution in [0.15, 0.2) is 17.1 Å². The third kappa shape index (κ3) is 6.66. The lowest BCUT2D eigenvalue weighted by Gasteiger charge is -2.34. The third-order valence-electron chi connectivity index (χ3n) is 5.72. The molecule has 0 amide bonds. The number of aromatic nitrogens is 2. The number of rotatable bonds is 8. The summed E-state index contributed by atoms with van der Waals surface area (Å²) in [6, 6.07) is 4.79. The molecule has 0 aliphatic carbocycles. The minimum atomic E-state index is 0. The Hall–Kier alpha value is -1.17. The summed E-state index contributed by atoms with van der Waals surface area (Å²) < 4.78 is 7.58. The van der Waals surface area contributed by atoms with Gasteiger partial charge in [-0.1, -0.05) is 13.8 Å². The van der Waals surface area contributed by atoms with Crippen LogP contribution in [0, 0.1) is 6.92 Å². The minimum Gasteiger partial charge on any atom is -0.379 e. The van der Waals surface area contributed by atoms with Crippen molar-refractivity contribution in [2.45, 2.75) is 46.2 Å². The minimum absolute atomic E-state index is 0. The van der Waals surface area contributed by atoms with E-state index in [9.17, 15) is 0 Å². The zero-order valence-electron chi connectivity index (χ0n) is 19.4. The summed E-state index contributed by atoms with van der Waals surface area (Å²) >= 11 is 1.88. The number of aryl methyl sites for hydroxylation is 3. The molecule has 1 unspecified atom stereocenters. The molecule has 2 aromatic heterocycles. The molecule has 1 atom stereocenters. The van der Waals surface area contributed by atoms with Gasteiger partial charge >= 0.3 is 0 Å². The van der Waals surface area contributed by atoms with Gasteiger partial charge < -0.3 is 15.4 Å². The highest BCUT2D eigenvalue weighted by atomic mass is 127. The maximum absolute atomic E-state index is 5.57. The Morgan fingerprint density at radius 2 is 1.97 bits per heavy atom. The number of halogens is 1. The average molecular weight is 561 g/mol. The van der Waals surface area contributed by atoms with E-state index in [0.29, 0.717) is 6.04 Å². The first-order valence-electron chi connectivity index (χ1n) is 10.9. The number of nitrogens with one attached hydrogen (secondary N) is 2. The van der Waals surface area contributed by atoms with E-state index >= 15 is 0 Å². The monoisotopic (exact) mass is 560 g/mol. The first kappa shape index (κ1) is 26.1. The van der Waals surface area contributed by atoms with Crippen molar-refractivity contribution in [3.8, 4) is 0 Å². The van der Waals surface area contributed by atoms with E-state index in [1.54, 1.807) is 0 Å². The Labute approximate surface area is 207 Å². The van der Waals surface area contributed by atoms with Crippen molar-refractivity contribution in [3.63, 3.8) is 0 Å². The molecule has 1 aliphatic heterocycles. The summed E-state index contributed by atoms with van der Waals surface area (Å²) in [5.74, 6) is 0.828. The maximum atomic E-state index is 5.57. The van der Waals surface area contributed by atoms with Gasteiger partial charge in [0.25, 0.3) is 0 Å². The van der Waals surface area contributed by atoms with E-state index in [2.05, 4.69) is 58.5 Å². The Bertz CT molecular complexity index is 843. The highest BCUT2D eigenvalue weighted by Crippen LogP contribution is 2.28. The van der Waals surface area contributed by atoms with Crippen LogP contribution in [-0.4, -0.2) is 60.5 Å². The molecule has 0 saturated carbocycles. The van der Waals surface area contributed by atoms with Crippen LogP contribution in [0.25, 0.3) is 0 Å². The van der Waals surface area contributed by atoms with Crippen LogP contribution in [0.4, 0.5) is 0 Å². The van der Waals surface area contributed by atoms with Gasteiger partial charge in [-0.3, -0.25) is 14.6 Å². The van der Waals surface area contributed by atoms with Gasteiger partial charge in [0.2, 0.25) is 0 Å². The van der Waals surface area contributed by atoms with Crippen LogP contribution in [0.1, 0.15) is 46.6 Å². The SMILES string of the molecule is CCc1nn(C)c(CC)c1CNC(=NC)NCC(c1ccc(C)s1)N1CCOCC1.I. The molecule has 174 valence electrons. The van der Waals surface area contributed by atoms with Crippen molar-refractivity contribution in [1.29, 1.82) is 0 Å². The van der Waals surface area contributed by atoms with Crippen molar-refractivity contribution in [1.82, 2.24) is 25.3 Å². The fourth-order valence-corrected chi connectivity index (χ4v) is 5.12. The number of thiophene rings is 1. The number of aliphatic imine (C=N–C) groups is 1. The highest BCUT2D eigenvalue weighted by molar-refractivity contribution is 14.0. The second-order valence-corrected chi connectivity index (χ2v) is 8.94. The first-order chi connectivity index (χ1) is 14.6. The molecule has 0 aromatic carbocycles. The van der Waals surface area contributed by atoms with E-state index < -0.39 is 0 Å². The van der Waals surface area contributed by atoms with Gasteiger partial charge in [-0.25, -0.2) is 0 Å². The number of morpholine rings is 1. The first-order valence-corrected chi connectivity index (χ1v) is 11.7. The Kier molecular flexibility index (Phi) is 10.7. The van der Waals surface area contributed by atoms with Gasteiger partial charge in [-0.05, 0) is 31.9 Å². The molecular weight excluding hydrogens is 523 g/mol. The van der Waals surface area contributed by atoms with Crippen LogP contribution in [-0.2, 0) is 31.2 Å². The van der Waals surface area contributed by atoms with Crippen molar-refractivity contribution < 1.29 is 4.74 Å². The molecule has 1 fully saturated rings. The summed E-state index contributed by atoms with van der Waals surface area (Å²) in [7, 11) is 3.86. The number of hydrogen-bond acceptors (Lipinski definition) is 5. The predicted octanol–water partition coefficient (Wildman–Crippen LogP) is 3.27. The van der Waals surface area contributed by atoms with Crippen LogP contribution in [0.3, 0.4) is 0 Å². The van der Waals surface area contributed by atoms with E-state index in [1.165, 1.54) is 21.0 Å². The molecule has 31 heavy (non-hydrogen) atoms. The summed E-state index contributed by atoms with van der Waals surface area (Å²) in [6.45, 7) is 11.6. The zero-order valence-corrected chi connectivity index (χ0v) is 22.5. The van der Waals surface area contributed by atoms with Crippen LogP contribution >= 0.6 is 35.3 Å². The second kappa shape index (κ2) is 12.8. The Balaban J connectivity index is 0.00000341. The fourth-order valence-electron chi connectivity index (χ4n) is 4.11. The molecule has 1 saturated heterocycles. The number of ether oxygens (including phenoxy) is 1. The number of guanidine groups is 1. The lowest BCUT2D eigenvalue weighted by molar-refractivity contribution is 0.0177. The topological polar surface area (TPSA) is 66.7 Å². The summed E-state index contributed by atoms with van der Waals surface area (Å²) in [5, 5.41) is 11.8. The molecular formula is C22H37IN6OS. The van der Waals surface area contributed by atoms with Crippen molar-refractivity contribution in [3.05, 3.63) is 38.8 Å². The van der Waals surface area contributed by atoms with Crippen molar-refractivity contribution in [2.75, 3.05) is 39.9 Å². The van der Waals surface area contributed by atoms with Crippen LogP contribution in [0.5, 0.6) is 0 Å². The molecule has 2 aromatic rings. The Morgan fingerprint density at radius 3 is 2.55 bits per heavy atom. The van der Waals surface area contributed by atoms with E-state index in [4.69, 9.17) is 4.74 Å². The van der Waals surface area contributed by atoms with Gasteiger partial charge in [0.15, 0.2) is 5.96 Å². The maximum Gasteiger partial charge on any atom is 0.191 e. The standard InChI is InChI=1S/C22H36N6OS.HI/c1-6-18-17(19(7-2)27(5)26-18)14-24-22(23-4)25-15-20(21-9-8-16(3)30-21)28-10-12-29-13-11-28;/h8-9,20H,6-7,10-15H2,1-5H3,(H2,23,24,25);1H. The zero-order chi connectivity index (χ0) is 21.5. The van der Waals surface area contributed by atoms with E-state index in [-0.39, 0.29) is 24.0 Å². The highest BCUT2D eigenvalue weighted by Gasteiger charge is 2.24. The quantitative estimate of drug-likeness (QED) is 0.295. The summed E-state index contributed by atoms with van der Waals surface area (Å²) in [6.07, 6.45) is 1.91. The number of hydrogen-bond donors (Lipinski definition) is 2. The van der Waals surface area contributed by atoms with Gasteiger partial charge in [-0.2, -0.15) is 5.10 Å². The van der Waals surface area contributed by atoms with Gasteiger partial charge in [0.05, 0.1) is 24.9 Å². The molecule has 9 heteroatoms. The smallest absolute Gasteiger partial charge is 0.191 e.